The average molecular weight is 556 g/mol. The van der Waals surface area contributed by atoms with Crippen molar-refractivity contribution in [2.24, 2.45) is 11.8 Å². The summed E-state index contributed by atoms with van der Waals surface area (Å²) in [6.07, 6.45) is 7.27. The lowest BCUT2D eigenvalue weighted by molar-refractivity contribution is -0.308. The molecule has 4 rings (SSSR count). The maximum absolute atomic E-state index is 13.5. The number of fused-ring (bicyclic) bond motifs is 5. The molecular weight excluding hydrogens is 510 g/mol. The average Bonchev–Trinajstić information content (AvgIpc) is 3.55. The topological polar surface area (TPSA) is 166 Å². The molecule has 0 saturated carbocycles. The summed E-state index contributed by atoms with van der Waals surface area (Å²) in [6, 6.07) is 0. The second kappa shape index (κ2) is 13.0. The van der Waals surface area contributed by atoms with Crippen LogP contribution in [0.4, 0.5) is 0 Å². The van der Waals surface area contributed by atoms with E-state index in [1.54, 1.807) is 12.2 Å². The number of aliphatic hydroxyl groups excluding tert-OH is 5. The number of hydrogen-bond acceptors (Lipinski definition) is 10. The Hall–Kier alpha value is -1.44. The van der Waals surface area contributed by atoms with Gasteiger partial charge in [-0.25, -0.2) is 0 Å². The van der Waals surface area contributed by atoms with Crippen LogP contribution in [-0.4, -0.2) is 111 Å². The zero-order chi connectivity index (χ0) is 28.2. The van der Waals surface area contributed by atoms with Crippen LogP contribution in [0.1, 0.15) is 71.1 Å². The molecule has 5 N–H and O–H groups in total. The van der Waals surface area contributed by atoms with Gasteiger partial charge in [0.05, 0.1) is 31.7 Å². The SMILES string of the molecule is CCCCCCCCCCCCN1C(=O)C2C(C1=O)C1(CO[C@@H]3OC(CO)[C@H](O)[C@H](O)C3O)C=CC2(CO)O1. The minimum absolute atomic E-state index is 0.305. The molecule has 2 amide bonds. The number of imide groups is 1. The first kappa shape index (κ1) is 30.5. The Morgan fingerprint density at radius 1 is 0.821 bits per heavy atom. The van der Waals surface area contributed by atoms with E-state index in [2.05, 4.69) is 6.92 Å². The molecule has 3 fully saturated rings. The second-order valence-corrected chi connectivity index (χ2v) is 11.5. The van der Waals surface area contributed by atoms with Crippen molar-refractivity contribution in [3.63, 3.8) is 0 Å². The van der Waals surface area contributed by atoms with Gasteiger partial charge in [0.25, 0.3) is 0 Å². The number of aliphatic hydroxyl groups is 5. The van der Waals surface area contributed by atoms with Gasteiger partial charge in [-0.1, -0.05) is 76.9 Å². The van der Waals surface area contributed by atoms with Crippen LogP contribution < -0.4 is 0 Å². The first-order chi connectivity index (χ1) is 18.7. The van der Waals surface area contributed by atoms with Crippen LogP contribution in [-0.2, 0) is 23.8 Å². The van der Waals surface area contributed by atoms with Gasteiger partial charge in [0, 0.05) is 6.54 Å². The van der Waals surface area contributed by atoms with Gasteiger partial charge in [-0.3, -0.25) is 14.5 Å². The van der Waals surface area contributed by atoms with Gasteiger partial charge in [0.15, 0.2) is 6.29 Å². The fourth-order valence-electron chi connectivity index (χ4n) is 6.50. The molecule has 4 aliphatic heterocycles. The van der Waals surface area contributed by atoms with Gasteiger partial charge in [-0.05, 0) is 6.42 Å². The van der Waals surface area contributed by atoms with E-state index >= 15 is 0 Å². The molecular formula is C28H45NO10. The lowest BCUT2D eigenvalue weighted by Crippen LogP contribution is -2.60. The highest BCUT2D eigenvalue weighted by atomic mass is 16.7. The zero-order valence-electron chi connectivity index (χ0n) is 22.8. The van der Waals surface area contributed by atoms with Crippen LogP contribution in [0, 0.1) is 11.8 Å². The van der Waals surface area contributed by atoms with Crippen molar-refractivity contribution in [1.29, 1.82) is 0 Å². The smallest absolute Gasteiger partial charge is 0.236 e. The van der Waals surface area contributed by atoms with Crippen LogP contribution in [0.5, 0.6) is 0 Å². The lowest BCUT2D eigenvalue weighted by atomic mass is 9.72. The van der Waals surface area contributed by atoms with E-state index in [1.165, 1.54) is 43.4 Å². The van der Waals surface area contributed by atoms with Crippen LogP contribution in [0.25, 0.3) is 0 Å². The number of carbonyl (C=O) groups excluding carboxylic acids is 2. The minimum Gasteiger partial charge on any atom is -0.394 e. The molecule has 0 aromatic heterocycles. The summed E-state index contributed by atoms with van der Waals surface area (Å²) in [5.41, 5.74) is -2.71. The third-order valence-electron chi connectivity index (χ3n) is 8.78. The van der Waals surface area contributed by atoms with Gasteiger partial charge in [-0.15, -0.1) is 0 Å². The number of rotatable bonds is 16. The van der Waals surface area contributed by atoms with E-state index in [0.717, 1.165) is 19.3 Å². The Balaban J connectivity index is 1.33. The van der Waals surface area contributed by atoms with Crippen LogP contribution in [0.15, 0.2) is 12.2 Å². The van der Waals surface area contributed by atoms with Gasteiger partial charge in [0.1, 0.15) is 35.6 Å². The molecule has 0 spiro atoms. The molecule has 0 radical (unpaired) electrons. The Labute approximate surface area is 229 Å². The van der Waals surface area contributed by atoms with Crippen molar-refractivity contribution >= 4 is 11.8 Å². The summed E-state index contributed by atoms with van der Waals surface area (Å²) in [6.45, 7) is 1.12. The van der Waals surface area contributed by atoms with Gasteiger partial charge in [0.2, 0.25) is 11.8 Å². The first-order valence-corrected chi connectivity index (χ1v) is 14.5. The quantitative estimate of drug-likeness (QED) is 0.102. The standard InChI is InChI=1S/C28H45NO10/c1-2-3-4-5-6-7-8-9-10-11-14-29-24(35)19-20(25(29)36)28(13-12-27(19,16-31)39-28)17-37-26-23(34)22(33)21(32)18(15-30)38-26/h12-13,18-23,26,30-34H,2-11,14-17H2,1H3/t18?,19?,20?,21-,22-,23?,26+,27?,28?/m0/s1. The van der Waals surface area contributed by atoms with Crippen molar-refractivity contribution < 1.29 is 49.3 Å². The van der Waals surface area contributed by atoms with E-state index in [4.69, 9.17) is 14.2 Å². The molecule has 2 bridgehead atoms. The highest BCUT2D eigenvalue weighted by Crippen LogP contribution is 2.57. The van der Waals surface area contributed by atoms with E-state index in [1.807, 2.05) is 0 Å². The summed E-state index contributed by atoms with van der Waals surface area (Å²) in [4.78, 5) is 28.2. The van der Waals surface area contributed by atoms with E-state index in [0.29, 0.717) is 13.0 Å². The second-order valence-electron chi connectivity index (χ2n) is 11.5. The number of likely N-dealkylation sites (tertiary alicyclic amines) is 1. The number of hydrogen-bond donors (Lipinski definition) is 5. The molecule has 39 heavy (non-hydrogen) atoms. The van der Waals surface area contributed by atoms with Gasteiger partial charge in [-0.2, -0.15) is 0 Å². The molecule has 11 heteroatoms. The summed E-state index contributed by atoms with van der Waals surface area (Å²) in [7, 11) is 0. The first-order valence-electron chi connectivity index (χ1n) is 14.5. The summed E-state index contributed by atoms with van der Waals surface area (Å²) in [5.74, 6) is -2.54. The van der Waals surface area contributed by atoms with Crippen molar-refractivity contribution in [1.82, 2.24) is 4.90 Å². The molecule has 222 valence electrons. The summed E-state index contributed by atoms with van der Waals surface area (Å²) >= 11 is 0. The molecule has 6 unspecified atom stereocenters. The van der Waals surface area contributed by atoms with Crippen molar-refractivity contribution in [2.45, 2.75) is 113 Å². The zero-order valence-corrected chi connectivity index (χ0v) is 22.8. The minimum atomic E-state index is -1.61. The van der Waals surface area contributed by atoms with E-state index in [-0.39, 0.29) is 18.4 Å². The number of ether oxygens (including phenoxy) is 3. The Morgan fingerprint density at radius 3 is 1.97 bits per heavy atom. The third kappa shape index (κ3) is 5.83. The van der Waals surface area contributed by atoms with E-state index < -0.39 is 67.0 Å². The largest absolute Gasteiger partial charge is 0.394 e. The van der Waals surface area contributed by atoms with Crippen molar-refractivity contribution in [2.75, 3.05) is 26.4 Å². The molecule has 0 aromatic rings. The molecule has 4 aliphatic rings. The van der Waals surface area contributed by atoms with Crippen LogP contribution in [0.2, 0.25) is 0 Å². The summed E-state index contributed by atoms with van der Waals surface area (Å²) in [5, 5.41) is 50.0. The molecule has 0 aromatic carbocycles. The normalized spacial score (nSPS) is 39.2. The molecule has 9 atom stereocenters. The fourth-order valence-corrected chi connectivity index (χ4v) is 6.50. The Kier molecular flexibility index (Phi) is 10.2. The molecule has 11 nitrogen and oxygen atoms in total. The number of amides is 2. The van der Waals surface area contributed by atoms with Crippen molar-refractivity contribution in [3.05, 3.63) is 12.2 Å². The maximum atomic E-state index is 13.5. The van der Waals surface area contributed by atoms with Crippen molar-refractivity contribution in [3.8, 4) is 0 Å². The highest BCUT2D eigenvalue weighted by Gasteiger charge is 2.73. The third-order valence-corrected chi connectivity index (χ3v) is 8.78. The van der Waals surface area contributed by atoms with Crippen LogP contribution in [0.3, 0.4) is 0 Å². The molecule has 4 heterocycles. The monoisotopic (exact) mass is 555 g/mol. The predicted octanol–water partition coefficient (Wildman–Crippen LogP) is 0.395. The molecule has 3 saturated heterocycles. The summed E-state index contributed by atoms with van der Waals surface area (Å²) < 4.78 is 17.3. The number of unbranched alkanes of at least 4 members (excludes halogenated alkanes) is 9. The maximum Gasteiger partial charge on any atom is 0.236 e. The highest BCUT2D eigenvalue weighted by molar-refractivity contribution is 6.07. The predicted molar refractivity (Wildman–Crippen MR) is 138 cm³/mol. The Morgan fingerprint density at radius 2 is 1.38 bits per heavy atom. The number of carbonyl (C=O) groups is 2. The number of nitrogens with zero attached hydrogens (tertiary/aromatic N) is 1. The van der Waals surface area contributed by atoms with E-state index in [9.17, 15) is 35.1 Å². The molecule has 0 aliphatic carbocycles. The lowest BCUT2D eigenvalue weighted by Gasteiger charge is -2.40. The van der Waals surface area contributed by atoms with Gasteiger partial charge >= 0.3 is 0 Å². The van der Waals surface area contributed by atoms with Crippen LogP contribution >= 0.6 is 0 Å². The fraction of sp³-hybridized carbons (Fsp3) is 0.857. The Bertz CT molecular complexity index is 882. The van der Waals surface area contributed by atoms with Gasteiger partial charge < -0.3 is 39.7 Å².